The van der Waals surface area contributed by atoms with Crippen molar-refractivity contribution in [3.8, 4) is 17.6 Å². The number of amides is 2. The summed E-state index contributed by atoms with van der Waals surface area (Å²) in [6, 6.07) is 6.73. The Morgan fingerprint density at radius 1 is 1.36 bits per heavy atom. The zero-order valence-corrected chi connectivity index (χ0v) is 19.3. The Labute approximate surface area is 205 Å². The molecule has 1 aromatic carbocycles. The van der Waals surface area contributed by atoms with Gasteiger partial charge >= 0.3 is 6.03 Å². The van der Waals surface area contributed by atoms with Crippen LogP contribution in [0.25, 0.3) is 0 Å². The number of carbonyl (C=O) groups excluding carboxylic acids is 2. The maximum atomic E-state index is 13.8. The Kier molecular flexibility index (Phi) is 6.13. The lowest BCUT2D eigenvalue weighted by Crippen LogP contribution is -2.50. The van der Waals surface area contributed by atoms with Gasteiger partial charge in [-0.15, -0.1) is 0 Å². The van der Waals surface area contributed by atoms with E-state index in [0.29, 0.717) is 28.1 Å². The number of aromatic nitrogens is 3. The van der Waals surface area contributed by atoms with E-state index in [1.807, 2.05) is 0 Å². The molecule has 2 aliphatic rings. The first kappa shape index (κ1) is 23.5. The van der Waals surface area contributed by atoms with Crippen LogP contribution in [0.15, 0.2) is 48.9 Å². The number of benzene rings is 1. The highest BCUT2D eigenvalue weighted by Crippen LogP contribution is 2.31. The number of rotatable bonds is 3. The lowest BCUT2D eigenvalue weighted by atomic mass is 10.0. The van der Waals surface area contributed by atoms with Crippen molar-refractivity contribution >= 4 is 17.6 Å². The van der Waals surface area contributed by atoms with E-state index in [1.165, 1.54) is 23.5 Å². The summed E-state index contributed by atoms with van der Waals surface area (Å²) in [6.07, 6.45) is 4.49. The average Bonchev–Trinajstić information content (AvgIpc) is 3.29. The number of ether oxygens (including phenoxy) is 2. The molecule has 11 heteroatoms. The quantitative estimate of drug-likeness (QED) is 0.416. The first-order chi connectivity index (χ1) is 17.3. The van der Waals surface area contributed by atoms with Crippen molar-refractivity contribution < 1.29 is 28.6 Å². The van der Waals surface area contributed by atoms with Crippen LogP contribution in [0.2, 0.25) is 0 Å². The highest BCUT2D eigenvalue weighted by atomic mass is 19.1. The number of hydrogen-bond acceptors (Lipinski definition) is 7. The van der Waals surface area contributed by atoms with Crippen LogP contribution in [0.4, 0.5) is 14.9 Å². The van der Waals surface area contributed by atoms with Crippen molar-refractivity contribution in [3.05, 3.63) is 71.6 Å². The fourth-order valence-corrected chi connectivity index (χ4v) is 3.78. The molecule has 0 unspecified atom stereocenters. The number of pyridine rings is 1. The number of likely N-dealkylation sites (N-methyl/N-ethyl adjacent to an activating group) is 1. The summed E-state index contributed by atoms with van der Waals surface area (Å²) in [4.78, 5) is 30.9. The van der Waals surface area contributed by atoms with Gasteiger partial charge in [-0.25, -0.2) is 9.78 Å². The Balaban J connectivity index is 1.27. The van der Waals surface area contributed by atoms with Gasteiger partial charge in [-0.2, -0.15) is 14.2 Å². The second-order valence-electron chi connectivity index (χ2n) is 8.59. The molecule has 36 heavy (non-hydrogen) atoms. The molecule has 2 N–H and O–H groups in total. The first-order valence-electron chi connectivity index (χ1n) is 11.1. The van der Waals surface area contributed by atoms with Gasteiger partial charge in [0.2, 0.25) is 5.95 Å². The van der Waals surface area contributed by atoms with Gasteiger partial charge < -0.3 is 24.8 Å². The standard InChI is InChI=1S/C25H22FN5O5/c1-30-20-10-16(6-7-25(34)14-35-15-25)4-5-21(20)36-13-19(23(30)32)29-24(33)31-12-17(11-28-31)9-18-3-2-8-27-22(18)26/h2-5,8,10-12,19,34H,9,13-15H2,1H3,(H,29,33)/t19-/m0/s1. The van der Waals surface area contributed by atoms with Crippen molar-refractivity contribution in [2.24, 2.45) is 0 Å². The number of nitrogens with zero attached hydrogens (tertiary/aromatic N) is 4. The van der Waals surface area contributed by atoms with Gasteiger partial charge in [0, 0.05) is 37.0 Å². The fraction of sp³-hybridized carbons (Fsp3) is 0.280. The summed E-state index contributed by atoms with van der Waals surface area (Å²) >= 11 is 0. The second kappa shape index (κ2) is 9.41. The highest BCUT2D eigenvalue weighted by molar-refractivity contribution is 6.00. The summed E-state index contributed by atoms with van der Waals surface area (Å²) < 4.78 is 25.7. The van der Waals surface area contributed by atoms with E-state index in [4.69, 9.17) is 9.47 Å². The van der Waals surface area contributed by atoms with Gasteiger partial charge in [0.15, 0.2) is 5.60 Å². The number of fused-ring (bicyclic) bond motifs is 1. The zero-order chi connectivity index (χ0) is 25.3. The third-order valence-electron chi connectivity index (χ3n) is 5.85. The molecule has 184 valence electrons. The largest absolute Gasteiger partial charge is 0.489 e. The molecule has 1 atom stereocenters. The molecule has 5 rings (SSSR count). The van der Waals surface area contributed by atoms with Gasteiger partial charge in [0.1, 0.15) is 18.4 Å². The van der Waals surface area contributed by atoms with Gasteiger partial charge in [-0.1, -0.05) is 17.9 Å². The third kappa shape index (κ3) is 4.77. The van der Waals surface area contributed by atoms with Crippen molar-refractivity contribution in [1.82, 2.24) is 20.1 Å². The van der Waals surface area contributed by atoms with Crippen LogP contribution in [0.1, 0.15) is 16.7 Å². The molecule has 2 aromatic heterocycles. The molecule has 4 heterocycles. The van der Waals surface area contributed by atoms with E-state index in [-0.39, 0.29) is 32.1 Å². The van der Waals surface area contributed by atoms with Crippen LogP contribution in [-0.4, -0.2) is 70.3 Å². The maximum absolute atomic E-state index is 13.8. The Hall–Kier alpha value is -4.27. The smallest absolute Gasteiger partial charge is 0.342 e. The minimum absolute atomic E-state index is 0.0843. The predicted molar refractivity (Wildman–Crippen MR) is 125 cm³/mol. The van der Waals surface area contributed by atoms with Crippen LogP contribution >= 0.6 is 0 Å². The molecule has 0 saturated carbocycles. The summed E-state index contributed by atoms with van der Waals surface area (Å²) in [5.74, 6) is 5.17. The molecular weight excluding hydrogens is 469 g/mol. The number of carbonyl (C=O) groups is 2. The maximum Gasteiger partial charge on any atom is 0.342 e. The summed E-state index contributed by atoms with van der Waals surface area (Å²) in [6.45, 7) is 0.233. The zero-order valence-electron chi connectivity index (χ0n) is 19.3. The minimum Gasteiger partial charge on any atom is -0.489 e. The van der Waals surface area contributed by atoms with E-state index in [0.717, 1.165) is 4.68 Å². The molecule has 2 amide bonds. The molecule has 2 aliphatic heterocycles. The fourth-order valence-electron chi connectivity index (χ4n) is 3.78. The van der Waals surface area contributed by atoms with Gasteiger partial charge in [-0.05, 0) is 29.8 Å². The average molecular weight is 491 g/mol. The van der Waals surface area contributed by atoms with E-state index in [9.17, 15) is 19.1 Å². The molecule has 0 bridgehead atoms. The molecule has 3 aromatic rings. The van der Waals surface area contributed by atoms with Crippen LogP contribution < -0.4 is 15.0 Å². The summed E-state index contributed by atoms with van der Waals surface area (Å²) in [5, 5.41) is 16.8. The van der Waals surface area contributed by atoms with Gasteiger partial charge in [-0.3, -0.25) is 4.79 Å². The van der Waals surface area contributed by atoms with Crippen molar-refractivity contribution in [2.75, 3.05) is 31.8 Å². The minimum atomic E-state index is -1.15. The highest BCUT2D eigenvalue weighted by Gasteiger charge is 2.34. The number of nitrogens with one attached hydrogen (secondary N) is 1. The third-order valence-corrected chi connectivity index (χ3v) is 5.85. The number of halogens is 1. The molecule has 0 radical (unpaired) electrons. The molecule has 0 spiro atoms. The van der Waals surface area contributed by atoms with Crippen molar-refractivity contribution in [1.29, 1.82) is 0 Å². The van der Waals surface area contributed by atoms with E-state index >= 15 is 0 Å². The predicted octanol–water partition coefficient (Wildman–Crippen LogP) is 1.10. The molecular formula is C25H22FN5O5. The monoisotopic (exact) mass is 491 g/mol. The van der Waals surface area contributed by atoms with Crippen molar-refractivity contribution in [3.63, 3.8) is 0 Å². The molecule has 10 nitrogen and oxygen atoms in total. The van der Waals surface area contributed by atoms with Crippen LogP contribution in [0.3, 0.4) is 0 Å². The molecule has 1 fully saturated rings. The summed E-state index contributed by atoms with van der Waals surface area (Å²) in [7, 11) is 1.58. The van der Waals surface area contributed by atoms with Gasteiger partial charge in [0.05, 0.1) is 25.1 Å². The molecule has 0 aliphatic carbocycles. The Bertz CT molecular complexity index is 1390. The van der Waals surface area contributed by atoms with Crippen LogP contribution in [0.5, 0.6) is 5.75 Å². The lowest BCUT2D eigenvalue weighted by Gasteiger charge is -2.30. The SMILES string of the molecule is CN1C(=O)[C@@H](NC(=O)n2cc(Cc3cccnc3F)cn2)COc2ccc(C#CC3(O)COC3)cc21. The topological polar surface area (TPSA) is 119 Å². The number of hydrogen-bond donors (Lipinski definition) is 2. The first-order valence-corrected chi connectivity index (χ1v) is 11.1. The normalized spacial score (nSPS) is 18.1. The van der Waals surface area contributed by atoms with E-state index < -0.39 is 23.6 Å². The Morgan fingerprint density at radius 2 is 2.19 bits per heavy atom. The van der Waals surface area contributed by atoms with E-state index in [2.05, 4.69) is 27.2 Å². The number of anilines is 1. The molecule has 1 saturated heterocycles. The second-order valence-corrected chi connectivity index (χ2v) is 8.59. The Morgan fingerprint density at radius 3 is 2.94 bits per heavy atom. The summed E-state index contributed by atoms with van der Waals surface area (Å²) in [5.41, 5.74) is 0.910. The van der Waals surface area contributed by atoms with E-state index in [1.54, 1.807) is 37.4 Å². The lowest BCUT2D eigenvalue weighted by molar-refractivity contribution is -0.140. The van der Waals surface area contributed by atoms with Crippen LogP contribution in [0, 0.1) is 17.8 Å². The van der Waals surface area contributed by atoms with Crippen molar-refractivity contribution in [2.45, 2.75) is 18.1 Å². The van der Waals surface area contributed by atoms with Crippen LogP contribution in [-0.2, 0) is 16.0 Å². The van der Waals surface area contributed by atoms with Gasteiger partial charge in [0.25, 0.3) is 5.91 Å². The number of aliphatic hydroxyl groups is 1.